The van der Waals surface area contributed by atoms with Crippen molar-refractivity contribution in [2.75, 3.05) is 34.3 Å². The number of likely N-dealkylation sites (N-methyl/N-ethyl adjacent to an activating group) is 2. The molecule has 0 amide bonds. The molecule has 0 aromatic heterocycles. The SMILES string of the molecule is COc1ccc(N=C2N(C)CCN2C)cc1. The third kappa shape index (κ3) is 2.10. The predicted molar refractivity (Wildman–Crippen MR) is 65.3 cm³/mol. The highest BCUT2D eigenvalue weighted by Crippen LogP contribution is 2.19. The first-order chi connectivity index (χ1) is 7.70. The van der Waals surface area contributed by atoms with E-state index in [1.807, 2.05) is 24.3 Å². The van der Waals surface area contributed by atoms with Gasteiger partial charge in [-0.25, -0.2) is 4.99 Å². The topological polar surface area (TPSA) is 28.1 Å². The quantitative estimate of drug-likeness (QED) is 0.755. The third-order valence-corrected chi connectivity index (χ3v) is 2.76. The van der Waals surface area contributed by atoms with E-state index in [-0.39, 0.29) is 0 Å². The zero-order chi connectivity index (χ0) is 11.5. The van der Waals surface area contributed by atoms with Crippen LogP contribution in [-0.2, 0) is 0 Å². The first-order valence-electron chi connectivity index (χ1n) is 5.36. The lowest BCUT2D eigenvalue weighted by Crippen LogP contribution is -2.27. The minimum absolute atomic E-state index is 0.858. The molecule has 0 radical (unpaired) electrons. The lowest BCUT2D eigenvalue weighted by Gasteiger charge is -2.15. The molecule has 0 aliphatic carbocycles. The first-order valence-corrected chi connectivity index (χ1v) is 5.36. The monoisotopic (exact) mass is 219 g/mol. The van der Waals surface area contributed by atoms with Crippen molar-refractivity contribution in [2.45, 2.75) is 0 Å². The summed E-state index contributed by atoms with van der Waals surface area (Å²) in [7, 11) is 5.79. The molecule has 1 heterocycles. The summed E-state index contributed by atoms with van der Waals surface area (Å²) in [6.07, 6.45) is 0. The van der Waals surface area contributed by atoms with Crippen molar-refractivity contribution < 1.29 is 4.74 Å². The van der Waals surface area contributed by atoms with Crippen LogP contribution < -0.4 is 4.74 Å². The highest BCUT2D eigenvalue weighted by atomic mass is 16.5. The van der Waals surface area contributed by atoms with Crippen LogP contribution in [0, 0.1) is 0 Å². The highest BCUT2D eigenvalue weighted by molar-refractivity contribution is 5.84. The summed E-state index contributed by atoms with van der Waals surface area (Å²) in [6, 6.07) is 7.78. The number of rotatable bonds is 2. The fourth-order valence-electron chi connectivity index (χ4n) is 1.73. The van der Waals surface area contributed by atoms with E-state index < -0.39 is 0 Å². The Morgan fingerprint density at radius 3 is 2.12 bits per heavy atom. The lowest BCUT2D eigenvalue weighted by atomic mass is 10.3. The summed E-state index contributed by atoms with van der Waals surface area (Å²) >= 11 is 0. The van der Waals surface area contributed by atoms with Crippen molar-refractivity contribution in [3.8, 4) is 5.75 Å². The summed E-state index contributed by atoms with van der Waals surface area (Å²) in [4.78, 5) is 8.92. The van der Waals surface area contributed by atoms with Gasteiger partial charge in [-0.15, -0.1) is 0 Å². The van der Waals surface area contributed by atoms with Crippen LogP contribution in [0.1, 0.15) is 0 Å². The summed E-state index contributed by atoms with van der Waals surface area (Å²) in [5.74, 6) is 1.88. The van der Waals surface area contributed by atoms with Gasteiger partial charge in [-0.3, -0.25) is 0 Å². The van der Waals surface area contributed by atoms with Crippen LogP contribution in [0.2, 0.25) is 0 Å². The molecule has 1 fully saturated rings. The van der Waals surface area contributed by atoms with Gasteiger partial charge >= 0.3 is 0 Å². The summed E-state index contributed by atoms with van der Waals surface area (Å²) < 4.78 is 5.11. The van der Waals surface area contributed by atoms with Gasteiger partial charge in [-0.1, -0.05) is 0 Å². The van der Waals surface area contributed by atoms with Gasteiger partial charge in [-0.05, 0) is 24.3 Å². The van der Waals surface area contributed by atoms with Gasteiger partial charge in [0.1, 0.15) is 5.75 Å². The van der Waals surface area contributed by atoms with Gasteiger partial charge in [0.25, 0.3) is 0 Å². The van der Waals surface area contributed by atoms with Gasteiger partial charge in [0, 0.05) is 27.2 Å². The largest absolute Gasteiger partial charge is 0.497 e. The molecule has 4 heteroatoms. The number of benzene rings is 1. The van der Waals surface area contributed by atoms with Crippen LogP contribution in [0.3, 0.4) is 0 Å². The van der Waals surface area contributed by atoms with E-state index in [4.69, 9.17) is 4.74 Å². The zero-order valence-electron chi connectivity index (χ0n) is 9.97. The molecular formula is C12H17N3O. The maximum Gasteiger partial charge on any atom is 0.201 e. The van der Waals surface area contributed by atoms with Crippen molar-refractivity contribution >= 4 is 11.6 Å². The Hall–Kier alpha value is -1.71. The van der Waals surface area contributed by atoms with Crippen LogP contribution >= 0.6 is 0 Å². The van der Waals surface area contributed by atoms with E-state index in [0.29, 0.717) is 0 Å². The Morgan fingerprint density at radius 1 is 1.06 bits per heavy atom. The van der Waals surface area contributed by atoms with E-state index >= 15 is 0 Å². The van der Waals surface area contributed by atoms with Crippen molar-refractivity contribution in [2.24, 2.45) is 4.99 Å². The van der Waals surface area contributed by atoms with Crippen molar-refractivity contribution in [3.63, 3.8) is 0 Å². The molecule has 16 heavy (non-hydrogen) atoms. The maximum atomic E-state index is 5.11. The average Bonchev–Trinajstić information content (AvgIpc) is 2.62. The Bertz CT molecular complexity index is 374. The number of hydrogen-bond acceptors (Lipinski definition) is 2. The van der Waals surface area contributed by atoms with Gasteiger partial charge in [0.2, 0.25) is 5.96 Å². The van der Waals surface area contributed by atoms with Gasteiger partial charge in [0.15, 0.2) is 0 Å². The number of methoxy groups -OCH3 is 1. The summed E-state index contributed by atoms with van der Waals surface area (Å²) in [6.45, 7) is 2.07. The van der Waals surface area contributed by atoms with E-state index in [9.17, 15) is 0 Å². The predicted octanol–water partition coefficient (Wildman–Crippen LogP) is 1.56. The lowest BCUT2D eigenvalue weighted by molar-refractivity contribution is 0.415. The molecule has 0 bridgehead atoms. The number of nitrogens with zero attached hydrogens (tertiary/aromatic N) is 3. The standard InChI is InChI=1S/C12H17N3O/c1-14-8-9-15(2)12(14)13-10-4-6-11(16-3)7-5-10/h4-7H,8-9H2,1-3H3. The van der Waals surface area contributed by atoms with E-state index in [1.165, 1.54) is 0 Å². The third-order valence-electron chi connectivity index (χ3n) is 2.76. The Kier molecular flexibility index (Phi) is 2.99. The molecule has 0 unspecified atom stereocenters. The first kappa shape index (κ1) is 10.8. The number of aliphatic imine (C=N–C) groups is 1. The fraction of sp³-hybridized carbons (Fsp3) is 0.417. The van der Waals surface area contributed by atoms with E-state index in [0.717, 1.165) is 30.5 Å². The van der Waals surface area contributed by atoms with Crippen molar-refractivity contribution in [1.29, 1.82) is 0 Å². The molecule has 2 rings (SSSR count). The van der Waals surface area contributed by atoms with Crippen molar-refractivity contribution in [3.05, 3.63) is 24.3 Å². The van der Waals surface area contributed by atoms with Crippen LogP contribution in [0.4, 0.5) is 5.69 Å². The zero-order valence-corrected chi connectivity index (χ0v) is 9.97. The van der Waals surface area contributed by atoms with Crippen LogP contribution in [0.25, 0.3) is 0 Å². The summed E-state index contributed by atoms with van der Waals surface area (Å²) in [5, 5.41) is 0. The minimum atomic E-state index is 0.858. The van der Waals surface area contributed by atoms with Gasteiger partial charge in [-0.2, -0.15) is 0 Å². The number of ether oxygens (including phenoxy) is 1. The van der Waals surface area contributed by atoms with Crippen LogP contribution in [0.15, 0.2) is 29.3 Å². The molecule has 0 saturated carbocycles. The normalized spacial score (nSPS) is 15.6. The second-order valence-electron chi connectivity index (χ2n) is 3.95. The second kappa shape index (κ2) is 4.43. The molecule has 4 nitrogen and oxygen atoms in total. The van der Waals surface area contributed by atoms with Gasteiger partial charge < -0.3 is 14.5 Å². The average molecular weight is 219 g/mol. The molecule has 1 aromatic rings. The van der Waals surface area contributed by atoms with E-state index in [1.54, 1.807) is 7.11 Å². The molecule has 0 atom stereocenters. The van der Waals surface area contributed by atoms with Crippen LogP contribution in [-0.4, -0.2) is 50.1 Å². The molecular weight excluding hydrogens is 202 g/mol. The second-order valence-corrected chi connectivity index (χ2v) is 3.95. The number of hydrogen-bond donors (Lipinski definition) is 0. The Balaban J connectivity index is 2.21. The summed E-state index contributed by atoms with van der Waals surface area (Å²) in [5.41, 5.74) is 0.955. The van der Waals surface area contributed by atoms with Gasteiger partial charge in [0.05, 0.1) is 12.8 Å². The molecule has 1 aromatic carbocycles. The maximum absolute atomic E-state index is 5.11. The smallest absolute Gasteiger partial charge is 0.201 e. The molecule has 1 aliphatic rings. The molecule has 1 aliphatic heterocycles. The Labute approximate surface area is 96.1 Å². The van der Waals surface area contributed by atoms with Crippen molar-refractivity contribution in [1.82, 2.24) is 9.80 Å². The Morgan fingerprint density at radius 2 is 1.62 bits per heavy atom. The highest BCUT2D eigenvalue weighted by Gasteiger charge is 2.19. The number of guanidine groups is 1. The molecule has 1 saturated heterocycles. The van der Waals surface area contributed by atoms with E-state index in [2.05, 4.69) is 28.9 Å². The molecule has 0 spiro atoms. The fourth-order valence-corrected chi connectivity index (χ4v) is 1.73. The molecule has 86 valence electrons. The minimum Gasteiger partial charge on any atom is -0.497 e. The van der Waals surface area contributed by atoms with Crippen LogP contribution in [0.5, 0.6) is 5.75 Å². The molecule has 0 N–H and O–H groups in total.